The van der Waals surface area contributed by atoms with Crippen molar-refractivity contribution >= 4 is 34.3 Å². The third-order valence-corrected chi connectivity index (χ3v) is 4.79. The van der Waals surface area contributed by atoms with Gasteiger partial charge in [0, 0.05) is 13.5 Å². The predicted molar refractivity (Wildman–Crippen MR) is 97.8 cm³/mol. The third-order valence-electron chi connectivity index (χ3n) is 3.98. The summed E-state index contributed by atoms with van der Waals surface area (Å²) in [5, 5.41) is 13.8. The molecular formula is C17H18FN5O4S. The summed E-state index contributed by atoms with van der Waals surface area (Å²) in [7, 11) is 1.53. The zero-order valence-electron chi connectivity index (χ0n) is 15.0. The first-order valence-electron chi connectivity index (χ1n) is 8.43. The van der Waals surface area contributed by atoms with Gasteiger partial charge in [-0.15, -0.1) is 10.2 Å². The molecule has 1 aliphatic rings. The van der Waals surface area contributed by atoms with Gasteiger partial charge in [-0.25, -0.2) is 9.18 Å². The SMILES string of the molecule is COCc1nnc(NC(=O)CC[C@@H]2NC(=O)N(Cc3cccc(F)c3)C2=O)s1. The van der Waals surface area contributed by atoms with Gasteiger partial charge < -0.3 is 15.4 Å². The molecule has 1 saturated heterocycles. The van der Waals surface area contributed by atoms with Crippen LogP contribution in [0.4, 0.5) is 14.3 Å². The first kappa shape index (κ1) is 19.8. The quantitative estimate of drug-likeness (QED) is 0.644. The molecule has 2 heterocycles. The van der Waals surface area contributed by atoms with E-state index < -0.39 is 23.8 Å². The highest BCUT2D eigenvalue weighted by atomic mass is 32.1. The van der Waals surface area contributed by atoms with Crippen LogP contribution in [0.3, 0.4) is 0 Å². The van der Waals surface area contributed by atoms with Crippen molar-refractivity contribution in [2.45, 2.75) is 32.0 Å². The van der Waals surface area contributed by atoms with Crippen molar-refractivity contribution in [2.24, 2.45) is 0 Å². The van der Waals surface area contributed by atoms with Crippen molar-refractivity contribution in [3.05, 3.63) is 40.7 Å². The molecule has 28 heavy (non-hydrogen) atoms. The number of benzene rings is 1. The van der Waals surface area contributed by atoms with E-state index in [2.05, 4.69) is 20.8 Å². The highest BCUT2D eigenvalue weighted by Gasteiger charge is 2.37. The van der Waals surface area contributed by atoms with Crippen molar-refractivity contribution in [1.82, 2.24) is 20.4 Å². The van der Waals surface area contributed by atoms with E-state index in [0.717, 1.165) is 4.90 Å². The van der Waals surface area contributed by atoms with Crippen LogP contribution >= 0.6 is 11.3 Å². The number of hydrogen-bond donors (Lipinski definition) is 2. The molecule has 1 fully saturated rings. The fraction of sp³-hybridized carbons (Fsp3) is 0.353. The maximum absolute atomic E-state index is 13.3. The summed E-state index contributed by atoms with van der Waals surface area (Å²) in [6.45, 7) is 0.273. The van der Waals surface area contributed by atoms with Crippen LogP contribution in [0.1, 0.15) is 23.4 Å². The summed E-state index contributed by atoms with van der Waals surface area (Å²) in [5.74, 6) is -1.23. The van der Waals surface area contributed by atoms with Gasteiger partial charge in [-0.3, -0.25) is 14.5 Å². The van der Waals surface area contributed by atoms with Gasteiger partial charge in [-0.2, -0.15) is 0 Å². The summed E-state index contributed by atoms with van der Waals surface area (Å²) in [5.41, 5.74) is 0.505. The highest BCUT2D eigenvalue weighted by molar-refractivity contribution is 7.15. The molecule has 2 N–H and O–H groups in total. The van der Waals surface area contributed by atoms with Crippen molar-refractivity contribution in [1.29, 1.82) is 0 Å². The zero-order chi connectivity index (χ0) is 20.1. The molecule has 1 aromatic carbocycles. The Morgan fingerprint density at radius 2 is 2.21 bits per heavy atom. The van der Waals surface area contributed by atoms with Gasteiger partial charge in [-0.05, 0) is 24.1 Å². The minimum absolute atomic E-state index is 0.0175. The van der Waals surface area contributed by atoms with E-state index in [9.17, 15) is 18.8 Å². The first-order valence-corrected chi connectivity index (χ1v) is 9.25. The lowest BCUT2D eigenvalue weighted by Gasteiger charge is -2.13. The van der Waals surface area contributed by atoms with E-state index in [1.807, 2.05) is 0 Å². The normalized spacial score (nSPS) is 16.4. The number of hydrogen-bond acceptors (Lipinski definition) is 7. The Morgan fingerprint density at radius 3 is 2.96 bits per heavy atom. The Hall–Kier alpha value is -2.92. The summed E-state index contributed by atoms with van der Waals surface area (Å²) >= 11 is 1.19. The van der Waals surface area contributed by atoms with E-state index in [1.165, 1.54) is 36.6 Å². The molecular weight excluding hydrogens is 389 g/mol. The van der Waals surface area contributed by atoms with E-state index in [4.69, 9.17) is 4.74 Å². The molecule has 0 saturated carbocycles. The van der Waals surface area contributed by atoms with Crippen molar-refractivity contribution < 1.29 is 23.5 Å². The second-order valence-electron chi connectivity index (χ2n) is 6.08. The summed E-state index contributed by atoms with van der Waals surface area (Å²) in [6.07, 6.45) is 0.156. The second-order valence-corrected chi connectivity index (χ2v) is 7.14. The Morgan fingerprint density at radius 1 is 1.39 bits per heavy atom. The van der Waals surface area contributed by atoms with Crippen LogP contribution in [0.25, 0.3) is 0 Å². The van der Waals surface area contributed by atoms with Crippen LogP contribution in [0.2, 0.25) is 0 Å². The van der Waals surface area contributed by atoms with Crippen LogP contribution in [0.5, 0.6) is 0 Å². The van der Waals surface area contributed by atoms with Gasteiger partial charge in [0.25, 0.3) is 5.91 Å². The van der Waals surface area contributed by atoms with Crippen LogP contribution in [0.15, 0.2) is 24.3 Å². The fourth-order valence-electron chi connectivity index (χ4n) is 2.68. The largest absolute Gasteiger partial charge is 0.377 e. The first-order chi connectivity index (χ1) is 13.5. The van der Waals surface area contributed by atoms with Gasteiger partial charge >= 0.3 is 6.03 Å². The number of aromatic nitrogens is 2. The Kier molecular flexibility index (Phi) is 6.26. The van der Waals surface area contributed by atoms with Crippen molar-refractivity contribution in [2.75, 3.05) is 12.4 Å². The number of imide groups is 1. The van der Waals surface area contributed by atoms with Crippen molar-refractivity contribution in [3.8, 4) is 0 Å². The van der Waals surface area contributed by atoms with Gasteiger partial charge in [0.2, 0.25) is 11.0 Å². The van der Waals surface area contributed by atoms with Crippen LogP contribution in [0, 0.1) is 5.82 Å². The number of carbonyl (C=O) groups excluding carboxylic acids is 3. The molecule has 0 spiro atoms. The van der Waals surface area contributed by atoms with Crippen LogP contribution in [-0.4, -0.2) is 46.1 Å². The van der Waals surface area contributed by atoms with Crippen LogP contribution in [-0.2, 0) is 27.5 Å². The Bertz CT molecular complexity index is 890. The molecule has 0 bridgehead atoms. The Labute approximate surface area is 163 Å². The van der Waals surface area contributed by atoms with E-state index >= 15 is 0 Å². The average Bonchev–Trinajstić information content (AvgIpc) is 3.19. The van der Waals surface area contributed by atoms with Crippen LogP contribution < -0.4 is 10.6 Å². The van der Waals surface area contributed by atoms with Gasteiger partial charge in [0.15, 0.2) is 0 Å². The average molecular weight is 407 g/mol. The topological polar surface area (TPSA) is 114 Å². The molecule has 4 amide bonds. The number of nitrogens with one attached hydrogen (secondary N) is 2. The van der Waals surface area contributed by atoms with Gasteiger partial charge in [-0.1, -0.05) is 23.5 Å². The summed E-state index contributed by atoms with van der Waals surface area (Å²) < 4.78 is 18.2. The predicted octanol–water partition coefficient (Wildman–Crippen LogP) is 1.66. The number of anilines is 1. The lowest BCUT2D eigenvalue weighted by Crippen LogP contribution is -2.31. The fourth-order valence-corrected chi connectivity index (χ4v) is 3.41. The second kappa shape index (κ2) is 8.85. The number of carbonyl (C=O) groups is 3. The van der Waals surface area contributed by atoms with Crippen molar-refractivity contribution in [3.63, 3.8) is 0 Å². The number of nitrogens with zero attached hydrogens (tertiary/aromatic N) is 3. The molecule has 1 aromatic heterocycles. The standard InChI is InChI=1S/C17H18FN5O4S/c1-27-9-14-21-22-16(28-14)20-13(24)6-5-12-15(25)23(17(26)19-12)8-10-3-2-4-11(18)7-10/h2-4,7,12H,5-6,8-9H2,1H3,(H,19,26)(H,20,22,24)/t12-/m0/s1. The molecule has 0 aliphatic carbocycles. The molecule has 148 valence electrons. The van der Waals surface area contributed by atoms with E-state index in [-0.39, 0.29) is 25.3 Å². The molecule has 1 aliphatic heterocycles. The number of ether oxygens (including phenoxy) is 1. The smallest absolute Gasteiger partial charge is 0.325 e. The van der Waals surface area contributed by atoms with E-state index in [1.54, 1.807) is 6.07 Å². The molecule has 0 unspecified atom stereocenters. The zero-order valence-corrected chi connectivity index (χ0v) is 15.8. The number of methoxy groups -OCH3 is 1. The maximum atomic E-state index is 13.3. The number of rotatable bonds is 8. The molecule has 1 atom stereocenters. The summed E-state index contributed by atoms with van der Waals surface area (Å²) in [6, 6.07) is 4.33. The molecule has 9 nitrogen and oxygen atoms in total. The lowest BCUT2D eigenvalue weighted by atomic mass is 10.1. The molecule has 3 rings (SSSR count). The molecule has 11 heteroatoms. The number of halogens is 1. The third kappa shape index (κ3) is 4.87. The minimum Gasteiger partial charge on any atom is -0.377 e. The maximum Gasteiger partial charge on any atom is 0.325 e. The monoisotopic (exact) mass is 407 g/mol. The number of amides is 4. The van der Waals surface area contributed by atoms with E-state index in [0.29, 0.717) is 22.3 Å². The summed E-state index contributed by atoms with van der Waals surface area (Å²) in [4.78, 5) is 37.6. The lowest BCUT2D eigenvalue weighted by molar-refractivity contribution is -0.128. The molecule has 0 radical (unpaired) electrons. The minimum atomic E-state index is -0.801. The number of urea groups is 1. The van der Waals surface area contributed by atoms with Gasteiger partial charge in [0.05, 0.1) is 6.54 Å². The molecule has 2 aromatic rings. The van der Waals surface area contributed by atoms with Gasteiger partial charge in [0.1, 0.15) is 23.5 Å². The Balaban J connectivity index is 1.51. The highest BCUT2D eigenvalue weighted by Crippen LogP contribution is 2.18.